The van der Waals surface area contributed by atoms with Crippen LogP contribution in [0.2, 0.25) is 0 Å². The molecule has 0 spiro atoms. The highest BCUT2D eigenvalue weighted by Gasteiger charge is 2.26. The van der Waals surface area contributed by atoms with Crippen molar-refractivity contribution in [3.63, 3.8) is 0 Å². The van der Waals surface area contributed by atoms with Crippen molar-refractivity contribution in [2.24, 2.45) is 16.6 Å². The molecule has 0 atom stereocenters. The van der Waals surface area contributed by atoms with Crippen LogP contribution >= 0.6 is 0 Å². The zero-order chi connectivity index (χ0) is 19.9. The van der Waals surface area contributed by atoms with Gasteiger partial charge in [0, 0.05) is 63.3 Å². The smallest absolute Gasteiger partial charge is 0.188 e. The molecule has 1 aromatic heterocycles. The van der Waals surface area contributed by atoms with E-state index in [9.17, 15) is 0 Å². The number of anilines is 1. The normalized spacial score (nSPS) is 18.1. The van der Waals surface area contributed by atoms with Crippen LogP contribution in [0.3, 0.4) is 0 Å². The number of hydrogen-bond donors (Lipinski definition) is 2. The number of nitrogens with two attached hydrogens (primary N) is 1. The SMILES string of the molecule is NC(=NCc1ccc(N2CCN(CC3CC3)CC2)cc1)NCCc1ccccn1. The summed E-state index contributed by atoms with van der Waals surface area (Å²) in [6, 6.07) is 14.7. The molecule has 2 fully saturated rings. The van der Waals surface area contributed by atoms with E-state index >= 15 is 0 Å². The van der Waals surface area contributed by atoms with Crippen LogP contribution in [0.1, 0.15) is 24.1 Å². The molecule has 0 bridgehead atoms. The van der Waals surface area contributed by atoms with E-state index in [0.717, 1.165) is 37.7 Å². The monoisotopic (exact) mass is 392 g/mol. The second-order valence-electron chi connectivity index (χ2n) is 8.10. The summed E-state index contributed by atoms with van der Waals surface area (Å²) in [5.41, 5.74) is 9.53. The quantitative estimate of drug-likeness (QED) is 0.533. The number of nitrogens with zero attached hydrogens (tertiary/aromatic N) is 4. The predicted octanol–water partition coefficient (Wildman–Crippen LogP) is 2.26. The number of piperazine rings is 1. The van der Waals surface area contributed by atoms with Crippen LogP contribution in [-0.4, -0.2) is 55.1 Å². The van der Waals surface area contributed by atoms with Crippen molar-refractivity contribution >= 4 is 11.6 Å². The largest absolute Gasteiger partial charge is 0.370 e. The van der Waals surface area contributed by atoms with Crippen molar-refractivity contribution in [1.29, 1.82) is 0 Å². The Morgan fingerprint density at radius 2 is 1.86 bits per heavy atom. The molecule has 6 nitrogen and oxygen atoms in total. The summed E-state index contributed by atoms with van der Waals surface area (Å²) in [7, 11) is 0. The minimum absolute atomic E-state index is 0.483. The van der Waals surface area contributed by atoms with E-state index in [1.54, 1.807) is 0 Å². The van der Waals surface area contributed by atoms with Gasteiger partial charge in [0.2, 0.25) is 0 Å². The molecule has 2 aromatic rings. The standard InChI is InChI=1S/C23H32N6/c24-23(26-12-10-21-3-1-2-11-25-21)27-17-19-6-8-22(9-7-19)29-15-13-28(14-16-29)18-20-4-5-20/h1-3,6-9,11,20H,4-5,10,12-18H2,(H3,24,26,27). The van der Waals surface area contributed by atoms with E-state index in [0.29, 0.717) is 12.5 Å². The average molecular weight is 393 g/mol. The maximum absolute atomic E-state index is 5.99. The fourth-order valence-corrected chi connectivity index (χ4v) is 3.76. The lowest BCUT2D eigenvalue weighted by atomic mass is 10.1. The van der Waals surface area contributed by atoms with Crippen molar-refractivity contribution in [3.8, 4) is 0 Å². The summed E-state index contributed by atoms with van der Waals surface area (Å²) >= 11 is 0. The van der Waals surface area contributed by atoms with Crippen molar-refractivity contribution in [2.45, 2.75) is 25.8 Å². The molecule has 2 aliphatic rings. The average Bonchev–Trinajstić information content (AvgIpc) is 3.58. The lowest BCUT2D eigenvalue weighted by molar-refractivity contribution is 0.248. The van der Waals surface area contributed by atoms with Gasteiger partial charge in [0.05, 0.1) is 6.54 Å². The number of nitrogens with one attached hydrogen (secondary N) is 1. The Hall–Kier alpha value is -2.60. The van der Waals surface area contributed by atoms with Crippen LogP contribution in [0.25, 0.3) is 0 Å². The Morgan fingerprint density at radius 3 is 2.55 bits per heavy atom. The Bertz CT molecular complexity index is 777. The fraction of sp³-hybridized carbons (Fsp3) is 0.478. The van der Waals surface area contributed by atoms with Crippen LogP contribution in [0.15, 0.2) is 53.7 Å². The van der Waals surface area contributed by atoms with E-state index < -0.39 is 0 Å². The topological polar surface area (TPSA) is 69.8 Å². The highest BCUT2D eigenvalue weighted by molar-refractivity contribution is 5.77. The Kier molecular flexibility index (Phi) is 6.62. The van der Waals surface area contributed by atoms with Crippen LogP contribution in [0.5, 0.6) is 0 Å². The maximum atomic E-state index is 5.99. The van der Waals surface area contributed by atoms with Gasteiger partial charge in [-0.15, -0.1) is 0 Å². The van der Waals surface area contributed by atoms with Gasteiger partial charge in [-0.1, -0.05) is 18.2 Å². The molecule has 1 aliphatic heterocycles. The van der Waals surface area contributed by atoms with Gasteiger partial charge in [-0.2, -0.15) is 0 Å². The first-order valence-corrected chi connectivity index (χ1v) is 10.8. The summed E-state index contributed by atoms with van der Waals surface area (Å²) in [6.45, 7) is 7.25. The lowest BCUT2D eigenvalue weighted by Crippen LogP contribution is -2.47. The highest BCUT2D eigenvalue weighted by atomic mass is 15.3. The second-order valence-corrected chi connectivity index (χ2v) is 8.10. The van der Waals surface area contributed by atoms with Gasteiger partial charge in [0.25, 0.3) is 0 Å². The fourth-order valence-electron chi connectivity index (χ4n) is 3.76. The maximum Gasteiger partial charge on any atom is 0.188 e. The third-order valence-electron chi connectivity index (χ3n) is 5.73. The van der Waals surface area contributed by atoms with E-state index in [1.807, 2.05) is 24.4 Å². The summed E-state index contributed by atoms with van der Waals surface area (Å²) in [5.74, 6) is 1.47. The van der Waals surface area contributed by atoms with E-state index in [4.69, 9.17) is 5.73 Å². The van der Waals surface area contributed by atoms with Gasteiger partial charge in [-0.3, -0.25) is 9.88 Å². The molecular weight excluding hydrogens is 360 g/mol. The molecule has 4 rings (SSSR count). The lowest BCUT2D eigenvalue weighted by Gasteiger charge is -2.36. The number of aliphatic imine (C=N–C) groups is 1. The first kappa shape index (κ1) is 19.7. The number of pyridine rings is 1. The third kappa shape index (κ3) is 6.19. The van der Waals surface area contributed by atoms with E-state index in [-0.39, 0.29) is 0 Å². The molecule has 154 valence electrons. The molecule has 1 aliphatic carbocycles. The zero-order valence-electron chi connectivity index (χ0n) is 17.1. The number of benzene rings is 1. The molecule has 0 amide bonds. The number of aromatic nitrogens is 1. The molecule has 1 saturated carbocycles. The zero-order valence-corrected chi connectivity index (χ0v) is 17.1. The molecule has 2 heterocycles. The van der Waals surface area contributed by atoms with Gasteiger partial charge in [0.1, 0.15) is 0 Å². The van der Waals surface area contributed by atoms with Gasteiger partial charge in [0.15, 0.2) is 5.96 Å². The second kappa shape index (κ2) is 9.74. The molecule has 0 unspecified atom stereocenters. The van der Waals surface area contributed by atoms with Gasteiger partial charge < -0.3 is 16.0 Å². The van der Waals surface area contributed by atoms with E-state index in [2.05, 4.69) is 49.4 Å². The number of rotatable bonds is 8. The van der Waals surface area contributed by atoms with Crippen molar-refractivity contribution in [3.05, 3.63) is 59.9 Å². The summed E-state index contributed by atoms with van der Waals surface area (Å²) in [5, 5.41) is 3.16. The molecule has 3 N–H and O–H groups in total. The summed E-state index contributed by atoms with van der Waals surface area (Å²) in [4.78, 5) is 13.9. The van der Waals surface area contributed by atoms with Crippen molar-refractivity contribution in [2.75, 3.05) is 44.2 Å². The van der Waals surface area contributed by atoms with Crippen LogP contribution in [0, 0.1) is 5.92 Å². The van der Waals surface area contributed by atoms with Crippen molar-refractivity contribution < 1.29 is 0 Å². The molecular formula is C23H32N6. The first-order valence-electron chi connectivity index (χ1n) is 10.8. The highest BCUT2D eigenvalue weighted by Crippen LogP contribution is 2.30. The Morgan fingerprint density at radius 1 is 1.07 bits per heavy atom. The summed E-state index contributed by atoms with van der Waals surface area (Å²) in [6.07, 6.45) is 5.52. The minimum atomic E-state index is 0.483. The molecule has 29 heavy (non-hydrogen) atoms. The van der Waals surface area contributed by atoms with Crippen LogP contribution < -0.4 is 16.0 Å². The number of guanidine groups is 1. The van der Waals surface area contributed by atoms with Gasteiger partial charge >= 0.3 is 0 Å². The van der Waals surface area contributed by atoms with Crippen molar-refractivity contribution in [1.82, 2.24) is 15.2 Å². The van der Waals surface area contributed by atoms with Crippen LogP contribution in [0.4, 0.5) is 5.69 Å². The van der Waals surface area contributed by atoms with Gasteiger partial charge in [-0.25, -0.2) is 4.99 Å². The third-order valence-corrected chi connectivity index (χ3v) is 5.73. The van der Waals surface area contributed by atoms with E-state index in [1.165, 1.54) is 43.7 Å². The summed E-state index contributed by atoms with van der Waals surface area (Å²) < 4.78 is 0. The number of hydrogen-bond acceptors (Lipinski definition) is 4. The minimum Gasteiger partial charge on any atom is -0.370 e. The predicted molar refractivity (Wildman–Crippen MR) is 119 cm³/mol. The molecule has 1 saturated heterocycles. The first-order chi connectivity index (χ1) is 14.3. The molecule has 1 aromatic carbocycles. The molecule has 0 radical (unpaired) electrons. The molecule has 6 heteroatoms. The Balaban J connectivity index is 1.19. The van der Waals surface area contributed by atoms with Crippen LogP contribution in [-0.2, 0) is 13.0 Å². The van der Waals surface area contributed by atoms with Gasteiger partial charge in [-0.05, 0) is 48.6 Å². The Labute approximate surface area is 173 Å².